The van der Waals surface area contributed by atoms with Crippen LogP contribution in [-0.2, 0) is 17.8 Å². The van der Waals surface area contributed by atoms with Gasteiger partial charge in [0.25, 0.3) is 0 Å². The molecule has 0 amide bonds. The van der Waals surface area contributed by atoms with Gasteiger partial charge in [0.2, 0.25) is 0 Å². The summed E-state index contributed by atoms with van der Waals surface area (Å²) in [5.41, 5.74) is 6.54. The van der Waals surface area contributed by atoms with Crippen LogP contribution in [-0.4, -0.2) is 23.3 Å². The van der Waals surface area contributed by atoms with Crippen molar-refractivity contribution in [1.82, 2.24) is 9.55 Å². The molecule has 1 N–H and O–H groups in total. The lowest BCUT2D eigenvalue weighted by atomic mass is 10.2. The lowest BCUT2D eigenvalue weighted by molar-refractivity contribution is 0.188. The van der Waals surface area contributed by atoms with Crippen molar-refractivity contribution in [2.75, 3.05) is 19.0 Å². The van der Waals surface area contributed by atoms with Gasteiger partial charge in [-0.2, -0.15) is 0 Å². The molecule has 0 fully saturated rings. The Morgan fingerprint density at radius 3 is 2.56 bits per heavy atom. The summed E-state index contributed by atoms with van der Waals surface area (Å²) in [4.78, 5) is 4.55. The van der Waals surface area contributed by atoms with Crippen LogP contribution in [0.1, 0.15) is 16.8 Å². The van der Waals surface area contributed by atoms with Gasteiger partial charge in [-0.25, -0.2) is 4.39 Å². The van der Waals surface area contributed by atoms with E-state index in [4.69, 9.17) is 4.74 Å². The highest BCUT2D eigenvalue weighted by molar-refractivity contribution is 5.92. The lowest BCUT2D eigenvalue weighted by Crippen LogP contribution is -2.08. The van der Waals surface area contributed by atoms with Gasteiger partial charge in [-0.1, -0.05) is 12.1 Å². The van der Waals surface area contributed by atoms with E-state index in [1.807, 2.05) is 12.3 Å². The zero-order valence-electron chi connectivity index (χ0n) is 14.7. The molecule has 3 aromatic rings. The van der Waals surface area contributed by atoms with Crippen LogP contribution in [0.2, 0.25) is 0 Å². The Morgan fingerprint density at radius 1 is 1.16 bits per heavy atom. The summed E-state index contributed by atoms with van der Waals surface area (Å²) >= 11 is 0. The first-order valence-corrected chi connectivity index (χ1v) is 8.03. The number of hydrogen-bond acceptors (Lipinski definition) is 3. The van der Waals surface area contributed by atoms with Crippen LogP contribution in [0, 0.1) is 19.7 Å². The fourth-order valence-corrected chi connectivity index (χ4v) is 2.95. The van der Waals surface area contributed by atoms with Gasteiger partial charge in [-0.05, 0) is 43.2 Å². The number of hydrogen-bond donors (Lipinski definition) is 1. The highest BCUT2D eigenvalue weighted by atomic mass is 35.5. The summed E-state index contributed by atoms with van der Waals surface area (Å²) < 4.78 is 20.5. The van der Waals surface area contributed by atoms with E-state index >= 15 is 0 Å². The highest BCUT2D eigenvalue weighted by Gasteiger charge is 2.15. The standard InChI is InChI=1S/C19H22FN3O.ClH/c1-13-14(2)23(10-11-24-3)19-17(8-9-21-18(13)19)22-12-15-4-6-16(20)7-5-15;/h4-9H,10-12H2,1-3H3,(H,21,22);1H. The second-order valence-corrected chi connectivity index (χ2v) is 5.89. The van der Waals surface area contributed by atoms with E-state index in [2.05, 4.69) is 28.7 Å². The normalized spacial score (nSPS) is 10.7. The Morgan fingerprint density at radius 2 is 1.88 bits per heavy atom. The summed E-state index contributed by atoms with van der Waals surface area (Å²) in [6, 6.07) is 8.53. The molecule has 0 saturated heterocycles. The van der Waals surface area contributed by atoms with E-state index in [0.29, 0.717) is 13.2 Å². The van der Waals surface area contributed by atoms with E-state index in [9.17, 15) is 4.39 Å². The molecular formula is C19H23ClFN3O. The van der Waals surface area contributed by atoms with E-state index in [1.165, 1.54) is 23.4 Å². The number of nitrogens with one attached hydrogen (secondary N) is 1. The Kier molecular flexibility index (Phi) is 6.39. The molecule has 0 spiro atoms. The van der Waals surface area contributed by atoms with Crippen molar-refractivity contribution in [3.8, 4) is 0 Å². The monoisotopic (exact) mass is 363 g/mol. The van der Waals surface area contributed by atoms with E-state index in [0.717, 1.165) is 28.8 Å². The van der Waals surface area contributed by atoms with Gasteiger partial charge in [0.15, 0.2) is 0 Å². The molecule has 0 bridgehead atoms. The molecule has 0 saturated carbocycles. The van der Waals surface area contributed by atoms with Gasteiger partial charge in [0.05, 0.1) is 23.3 Å². The predicted molar refractivity (Wildman–Crippen MR) is 102 cm³/mol. The van der Waals surface area contributed by atoms with Gasteiger partial charge in [0.1, 0.15) is 5.82 Å². The van der Waals surface area contributed by atoms with Gasteiger partial charge in [-0.15, -0.1) is 12.4 Å². The zero-order chi connectivity index (χ0) is 17.1. The SMILES string of the molecule is COCCn1c(C)c(C)c2nccc(NCc3ccc(F)cc3)c21.Cl. The van der Waals surface area contributed by atoms with Crippen molar-refractivity contribution in [2.45, 2.75) is 26.9 Å². The number of anilines is 1. The van der Waals surface area contributed by atoms with Crippen LogP contribution in [0.4, 0.5) is 10.1 Å². The van der Waals surface area contributed by atoms with Gasteiger partial charge < -0.3 is 14.6 Å². The molecule has 6 heteroatoms. The third kappa shape index (κ3) is 3.94. The van der Waals surface area contributed by atoms with E-state index < -0.39 is 0 Å². The summed E-state index contributed by atoms with van der Waals surface area (Å²) in [6.07, 6.45) is 1.82. The first kappa shape index (κ1) is 19.2. The van der Waals surface area contributed by atoms with E-state index in [-0.39, 0.29) is 18.2 Å². The fourth-order valence-electron chi connectivity index (χ4n) is 2.95. The molecule has 0 aliphatic carbocycles. The zero-order valence-corrected chi connectivity index (χ0v) is 15.5. The third-order valence-corrected chi connectivity index (χ3v) is 4.41. The molecule has 2 aromatic heterocycles. The Labute approximate surface area is 153 Å². The maximum atomic E-state index is 13.0. The predicted octanol–water partition coefficient (Wildman–Crippen LogP) is 4.47. The van der Waals surface area contributed by atoms with Crippen LogP contribution >= 0.6 is 12.4 Å². The molecular weight excluding hydrogens is 341 g/mol. The van der Waals surface area contributed by atoms with Crippen LogP contribution in [0.3, 0.4) is 0 Å². The first-order chi connectivity index (χ1) is 11.6. The molecule has 4 nitrogen and oxygen atoms in total. The number of fused-ring (bicyclic) bond motifs is 1. The molecule has 0 atom stereocenters. The van der Waals surface area contributed by atoms with Crippen LogP contribution in [0.25, 0.3) is 11.0 Å². The Hall–Kier alpha value is -2.11. The quantitative estimate of drug-likeness (QED) is 0.702. The smallest absolute Gasteiger partial charge is 0.123 e. The van der Waals surface area contributed by atoms with Gasteiger partial charge in [0, 0.05) is 32.1 Å². The topological polar surface area (TPSA) is 39.1 Å². The van der Waals surface area contributed by atoms with Crippen molar-refractivity contribution in [2.24, 2.45) is 0 Å². The van der Waals surface area contributed by atoms with Crippen molar-refractivity contribution in [3.63, 3.8) is 0 Å². The minimum Gasteiger partial charge on any atom is -0.383 e. The summed E-state index contributed by atoms with van der Waals surface area (Å²) in [6.45, 7) is 6.26. The molecule has 1 aromatic carbocycles. The Bertz CT molecular complexity index is 846. The number of aromatic nitrogens is 2. The van der Waals surface area contributed by atoms with Crippen molar-refractivity contribution >= 4 is 29.1 Å². The Balaban J connectivity index is 0.00000225. The molecule has 0 aliphatic heterocycles. The molecule has 134 valence electrons. The number of benzene rings is 1. The number of pyridine rings is 1. The maximum Gasteiger partial charge on any atom is 0.123 e. The maximum absolute atomic E-state index is 13.0. The minimum absolute atomic E-state index is 0. The third-order valence-electron chi connectivity index (χ3n) is 4.41. The summed E-state index contributed by atoms with van der Waals surface area (Å²) in [5.74, 6) is -0.218. The molecule has 2 heterocycles. The summed E-state index contributed by atoms with van der Waals surface area (Å²) in [7, 11) is 1.71. The van der Waals surface area contributed by atoms with Crippen molar-refractivity contribution in [3.05, 3.63) is 59.2 Å². The number of aryl methyl sites for hydroxylation is 1. The van der Waals surface area contributed by atoms with Crippen LogP contribution < -0.4 is 5.32 Å². The highest BCUT2D eigenvalue weighted by Crippen LogP contribution is 2.29. The van der Waals surface area contributed by atoms with Gasteiger partial charge in [-0.3, -0.25) is 4.98 Å². The molecule has 0 radical (unpaired) electrons. The molecule has 25 heavy (non-hydrogen) atoms. The molecule has 3 rings (SSSR count). The second-order valence-electron chi connectivity index (χ2n) is 5.89. The largest absolute Gasteiger partial charge is 0.383 e. The average molecular weight is 364 g/mol. The number of halogens is 2. The molecule has 0 aliphatic rings. The van der Waals surface area contributed by atoms with Crippen LogP contribution in [0.5, 0.6) is 0 Å². The number of rotatable bonds is 6. The van der Waals surface area contributed by atoms with Crippen molar-refractivity contribution < 1.29 is 9.13 Å². The first-order valence-electron chi connectivity index (χ1n) is 8.03. The number of nitrogens with zero attached hydrogens (tertiary/aromatic N) is 2. The minimum atomic E-state index is -0.218. The number of ether oxygens (including phenoxy) is 1. The van der Waals surface area contributed by atoms with Crippen molar-refractivity contribution in [1.29, 1.82) is 0 Å². The molecule has 0 unspecified atom stereocenters. The summed E-state index contributed by atoms with van der Waals surface area (Å²) in [5, 5.41) is 3.46. The number of methoxy groups -OCH3 is 1. The van der Waals surface area contributed by atoms with Crippen LogP contribution in [0.15, 0.2) is 36.5 Å². The van der Waals surface area contributed by atoms with Gasteiger partial charge >= 0.3 is 0 Å². The van der Waals surface area contributed by atoms with E-state index in [1.54, 1.807) is 19.2 Å². The average Bonchev–Trinajstić information content (AvgIpc) is 2.84. The second kappa shape index (κ2) is 8.32. The lowest BCUT2D eigenvalue weighted by Gasteiger charge is -2.12. The fraction of sp³-hybridized carbons (Fsp3) is 0.316.